The van der Waals surface area contributed by atoms with Crippen molar-refractivity contribution in [1.29, 1.82) is 0 Å². The normalized spacial score (nSPS) is 13.2. The van der Waals surface area contributed by atoms with Gasteiger partial charge in [-0.2, -0.15) is 13.2 Å². The maximum Gasteiger partial charge on any atom is 0.391 e. The predicted octanol–water partition coefficient (Wildman–Crippen LogP) is 2.44. The lowest BCUT2D eigenvalue weighted by molar-refractivity contribution is -0.142. The van der Waals surface area contributed by atoms with E-state index in [-0.39, 0.29) is 5.82 Å². The monoisotopic (exact) mass is 301 g/mol. The predicted molar refractivity (Wildman–Crippen MR) is 69.6 cm³/mol. The minimum Gasteiger partial charge on any atom is -0.495 e. The Morgan fingerprint density at radius 1 is 1.38 bits per heavy atom. The Hall–Kier alpha value is -2.32. The zero-order valence-corrected chi connectivity index (χ0v) is 11.4. The Bertz CT molecular complexity index is 626. The summed E-state index contributed by atoms with van der Waals surface area (Å²) in [5.74, 6) is 0.635. The number of hydrogen-bond donors (Lipinski definition) is 1. The molecule has 1 aromatic heterocycles. The minimum atomic E-state index is -4.29. The second kappa shape index (κ2) is 5.58. The van der Waals surface area contributed by atoms with Gasteiger partial charge in [0.05, 0.1) is 25.3 Å². The smallest absolute Gasteiger partial charge is 0.391 e. The average Bonchev–Trinajstić information content (AvgIpc) is 2.86. The molecule has 0 aliphatic rings. The summed E-state index contributed by atoms with van der Waals surface area (Å²) >= 11 is 0. The molecule has 0 aliphatic carbocycles. The van der Waals surface area contributed by atoms with E-state index >= 15 is 0 Å². The highest BCUT2D eigenvalue weighted by molar-refractivity contribution is 5.65. The number of anilines is 1. The molecule has 1 heterocycles. The Morgan fingerprint density at radius 2 is 2.10 bits per heavy atom. The number of rotatable bonds is 4. The molecule has 114 valence electrons. The molecule has 0 fully saturated rings. The maximum atomic E-state index is 12.5. The van der Waals surface area contributed by atoms with Gasteiger partial charge in [-0.3, -0.25) is 0 Å². The largest absolute Gasteiger partial charge is 0.495 e. The van der Waals surface area contributed by atoms with Crippen LogP contribution in [0.15, 0.2) is 18.2 Å². The Labute approximate surface area is 118 Å². The molecule has 21 heavy (non-hydrogen) atoms. The van der Waals surface area contributed by atoms with Gasteiger partial charge < -0.3 is 10.5 Å². The standard InChI is InChI=1S/C12H14F3N5O/c1-7(6-12(13,14)15)20-11(17-18-19-20)8-3-4-9(16)10(5-8)21-2/h3-5,7H,6,16H2,1-2H3. The summed E-state index contributed by atoms with van der Waals surface area (Å²) in [4.78, 5) is 0. The van der Waals surface area contributed by atoms with Crippen LogP contribution in [0.1, 0.15) is 19.4 Å². The molecule has 0 aliphatic heterocycles. The number of ether oxygens (including phenoxy) is 1. The number of hydrogen-bond acceptors (Lipinski definition) is 5. The van der Waals surface area contributed by atoms with Crippen molar-refractivity contribution in [1.82, 2.24) is 20.2 Å². The molecule has 0 spiro atoms. The van der Waals surface area contributed by atoms with Crippen molar-refractivity contribution in [3.05, 3.63) is 18.2 Å². The number of nitrogens with two attached hydrogens (primary N) is 1. The van der Waals surface area contributed by atoms with Crippen LogP contribution < -0.4 is 10.5 Å². The molecule has 2 aromatic rings. The molecular weight excluding hydrogens is 287 g/mol. The van der Waals surface area contributed by atoms with Crippen LogP contribution in [0.5, 0.6) is 5.75 Å². The van der Waals surface area contributed by atoms with Crippen molar-refractivity contribution in [2.75, 3.05) is 12.8 Å². The van der Waals surface area contributed by atoms with Crippen LogP contribution in [0, 0.1) is 0 Å². The molecule has 1 atom stereocenters. The zero-order valence-electron chi connectivity index (χ0n) is 11.4. The molecule has 9 heteroatoms. The molecule has 1 unspecified atom stereocenters. The Morgan fingerprint density at radius 3 is 2.71 bits per heavy atom. The minimum absolute atomic E-state index is 0.227. The quantitative estimate of drug-likeness (QED) is 0.877. The molecule has 0 saturated carbocycles. The van der Waals surface area contributed by atoms with Crippen molar-refractivity contribution in [2.24, 2.45) is 0 Å². The van der Waals surface area contributed by atoms with Crippen molar-refractivity contribution in [3.63, 3.8) is 0 Å². The summed E-state index contributed by atoms with van der Waals surface area (Å²) in [6, 6.07) is 3.87. The van der Waals surface area contributed by atoms with E-state index in [2.05, 4.69) is 15.5 Å². The third-order valence-corrected chi connectivity index (χ3v) is 2.93. The summed E-state index contributed by atoms with van der Waals surface area (Å²) in [6.45, 7) is 1.40. The van der Waals surface area contributed by atoms with Crippen LogP contribution >= 0.6 is 0 Å². The van der Waals surface area contributed by atoms with Crippen LogP contribution in [0.25, 0.3) is 11.4 Å². The fraction of sp³-hybridized carbons (Fsp3) is 0.417. The van der Waals surface area contributed by atoms with Crippen molar-refractivity contribution in [2.45, 2.75) is 25.6 Å². The van der Waals surface area contributed by atoms with Crippen molar-refractivity contribution < 1.29 is 17.9 Å². The highest BCUT2D eigenvalue weighted by Gasteiger charge is 2.32. The number of nitrogens with zero attached hydrogens (tertiary/aromatic N) is 4. The zero-order chi connectivity index (χ0) is 15.6. The first-order chi connectivity index (χ1) is 9.81. The first-order valence-corrected chi connectivity index (χ1v) is 6.10. The van der Waals surface area contributed by atoms with Crippen LogP contribution in [-0.4, -0.2) is 33.5 Å². The van der Waals surface area contributed by atoms with E-state index in [0.717, 1.165) is 4.68 Å². The van der Waals surface area contributed by atoms with Gasteiger partial charge in [-0.1, -0.05) is 0 Å². The number of benzene rings is 1. The SMILES string of the molecule is COc1cc(-c2nnnn2C(C)CC(F)(F)F)ccc1N. The highest BCUT2D eigenvalue weighted by Crippen LogP contribution is 2.31. The van der Waals surface area contributed by atoms with Gasteiger partial charge in [0, 0.05) is 5.56 Å². The molecule has 2 rings (SSSR count). The summed E-state index contributed by atoms with van der Waals surface area (Å²) < 4.78 is 43.7. The van der Waals surface area contributed by atoms with E-state index in [0.29, 0.717) is 17.0 Å². The lowest BCUT2D eigenvalue weighted by Gasteiger charge is -2.15. The molecule has 0 amide bonds. The molecule has 2 N–H and O–H groups in total. The van der Waals surface area contributed by atoms with Gasteiger partial charge in [-0.25, -0.2) is 4.68 Å². The fourth-order valence-electron chi connectivity index (χ4n) is 1.95. The van der Waals surface area contributed by atoms with Crippen molar-refractivity contribution in [3.8, 4) is 17.1 Å². The van der Waals surface area contributed by atoms with E-state index < -0.39 is 18.6 Å². The number of halogens is 3. The summed E-state index contributed by atoms with van der Waals surface area (Å²) in [6.07, 6.45) is -5.31. The lowest BCUT2D eigenvalue weighted by atomic mass is 10.1. The number of alkyl halides is 3. The number of nitrogen functional groups attached to an aromatic ring is 1. The van der Waals surface area contributed by atoms with E-state index in [9.17, 15) is 13.2 Å². The summed E-state index contributed by atoms with van der Waals surface area (Å²) in [7, 11) is 1.45. The van der Waals surface area contributed by atoms with Crippen LogP contribution in [0.4, 0.5) is 18.9 Å². The third-order valence-electron chi connectivity index (χ3n) is 2.93. The molecular formula is C12H14F3N5O. The lowest BCUT2D eigenvalue weighted by Crippen LogP contribution is -2.18. The van der Waals surface area contributed by atoms with E-state index in [1.54, 1.807) is 18.2 Å². The molecule has 0 radical (unpaired) electrons. The van der Waals surface area contributed by atoms with Gasteiger partial charge in [-0.05, 0) is 35.5 Å². The van der Waals surface area contributed by atoms with Crippen LogP contribution in [0.2, 0.25) is 0 Å². The second-order valence-corrected chi connectivity index (χ2v) is 4.57. The first kappa shape index (κ1) is 15.1. The number of aromatic nitrogens is 4. The molecule has 0 saturated heterocycles. The molecule has 6 nitrogen and oxygen atoms in total. The van der Waals surface area contributed by atoms with Gasteiger partial charge in [0.15, 0.2) is 5.82 Å². The van der Waals surface area contributed by atoms with E-state index in [4.69, 9.17) is 10.5 Å². The number of tetrazole rings is 1. The molecule has 0 bridgehead atoms. The van der Waals surface area contributed by atoms with Gasteiger partial charge in [0.1, 0.15) is 5.75 Å². The van der Waals surface area contributed by atoms with E-state index in [1.807, 2.05) is 0 Å². The van der Waals surface area contributed by atoms with Crippen LogP contribution in [-0.2, 0) is 0 Å². The second-order valence-electron chi connectivity index (χ2n) is 4.57. The van der Waals surface area contributed by atoms with Crippen LogP contribution in [0.3, 0.4) is 0 Å². The average molecular weight is 301 g/mol. The Balaban J connectivity index is 2.36. The first-order valence-electron chi connectivity index (χ1n) is 6.10. The van der Waals surface area contributed by atoms with Gasteiger partial charge in [0.2, 0.25) is 0 Å². The molecule has 1 aromatic carbocycles. The van der Waals surface area contributed by atoms with Gasteiger partial charge >= 0.3 is 6.18 Å². The van der Waals surface area contributed by atoms with E-state index in [1.165, 1.54) is 14.0 Å². The summed E-state index contributed by atoms with van der Waals surface area (Å²) in [5.41, 5.74) is 6.65. The van der Waals surface area contributed by atoms with Gasteiger partial charge in [0.25, 0.3) is 0 Å². The van der Waals surface area contributed by atoms with Crippen molar-refractivity contribution >= 4 is 5.69 Å². The third kappa shape index (κ3) is 3.41. The number of methoxy groups -OCH3 is 1. The highest BCUT2D eigenvalue weighted by atomic mass is 19.4. The fourth-order valence-corrected chi connectivity index (χ4v) is 1.95. The van der Waals surface area contributed by atoms with Gasteiger partial charge in [-0.15, -0.1) is 5.10 Å². The topological polar surface area (TPSA) is 78.9 Å². The maximum absolute atomic E-state index is 12.5. The Kier molecular flexibility index (Phi) is 4.01. The summed E-state index contributed by atoms with van der Waals surface area (Å²) in [5, 5.41) is 10.9.